The van der Waals surface area contributed by atoms with Gasteiger partial charge in [-0.25, -0.2) is 8.42 Å². The van der Waals surface area contributed by atoms with Crippen LogP contribution in [0.25, 0.3) is 0 Å². The second kappa shape index (κ2) is 5.35. The third-order valence-corrected chi connectivity index (χ3v) is 4.75. The number of nitrogens with zero attached hydrogens (tertiary/aromatic N) is 1. The average Bonchev–Trinajstić information content (AvgIpc) is 2.61. The Morgan fingerprint density at radius 2 is 2.06 bits per heavy atom. The first-order valence-corrected chi connectivity index (χ1v) is 7.86. The number of amides is 1. The molecule has 0 aromatic carbocycles. The summed E-state index contributed by atoms with van der Waals surface area (Å²) in [6.07, 6.45) is 2.84. The zero-order valence-electron chi connectivity index (χ0n) is 10.6. The van der Waals surface area contributed by atoms with Crippen LogP contribution in [0, 0.1) is 0 Å². The Hall–Kier alpha value is -0.620. The Balaban J connectivity index is 2.75. The summed E-state index contributed by atoms with van der Waals surface area (Å²) in [5, 5.41) is 8.37. The molecule has 5 nitrogen and oxygen atoms in total. The topological polar surface area (TPSA) is 74.7 Å². The van der Waals surface area contributed by atoms with Gasteiger partial charge in [-0.2, -0.15) is 0 Å². The minimum Gasteiger partial charge on any atom is -0.393 e. The molecule has 0 aromatic heterocycles. The Labute approximate surface area is 103 Å². The predicted octanol–water partition coefficient (Wildman–Crippen LogP) is 0.181. The molecule has 1 aliphatic rings. The molecule has 1 N–H and O–H groups in total. The lowest BCUT2D eigenvalue weighted by atomic mass is 10.1. The van der Waals surface area contributed by atoms with Crippen LogP contribution in [0.15, 0.2) is 0 Å². The van der Waals surface area contributed by atoms with Crippen LogP contribution in [0.3, 0.4) is 0 Å². The largest absolute Gasteiger partial charge is 0.393 e. The molecular formula is C11H21NO4S. The van der Waals surface area contributed by atoms with E-state index in [1.165, 1.54) is 6.92 Å². The van der Waals surface area contributed by atoms with Gasteiger partial charge in [-0.1, -0.05) is 0 Å². The van der Waals surface area contributed by atoms with Crippen LogP contribution in [-0.4, -0.2) is 54.5 Å². The summed E-state index contributed by atoms with van der Waals surface area (Å²) < 4.78 is 22.7. The van der Waals surface area contributed by atoms with Crippen molar-refractivity contribution < 1.29 is 18.3 Å². The van der Waals surface area contributed by atoms with E-state index in [1.54, 1.807) is 11.8 Å². The molecule has 1 rings (SSSR count). The van der Waals surface area contributed by atoms with Crippen molar-refractivity contribution in [3.05, 3.63) is 0 Å². The molecule has 0 aromatic rings. The molecule has 0 bridgehead atoms. The van der Waals surface area contributed by atoms with E-state index < -0.39 is 21.2 Å². The van der Waals surface area contributed by atoms with Crippen molar-refractivity contribution >= 4 is 15.7 Å². The van der Waals surface area contributed by atoms with Gasteiger partial charge in [-0.3, -0.25) is 4.79 Å². The second-order valence-corrected chi connectivity index (χ2v) is 7.25. The maximum atomic E-state index is 12.0. The predicted molar refractivity (Wildman–Crippen MR) is 65.3 cm³/mol. The van der Waals surface area contributed by atoms with Crippen molar-refractivity contribution in [1.82, 2.24) is 4.90 Å². The first-order chi connectivity index (χ1) is 7.73. The molecule has 0 aliphatic carbocycles. The van der Waals surface area contributed by atoms with Gasteiger partial charge in [-0.15, -0.1) is 0 Å². The second-order valence-electron chi connectivity index (χ2n) is 4.88. The van der Waals surface area contributed by atoms with E-state index in [-0.39, 0.29) is 11.9 Å². The Kier molecular flexibility index (Phi) is 4.55. The summed E-state index contributed by atoms with van der Waals surface area (Å²) >= 11 is 0. The van der Waals surface area contributed by atoms with E-state index in [1.807, 2.05) is 0 Å². The number of sulfone groups is 1. The van der Waals surface area contributed by atoms with E-state index in [9.17, 15) is 18.3 Å². The van der Waals surface area contributed by atoms with Gasteiger partial charge < -0.3 is 10.0 Å². The highest BCUT2D eigenvalue weighted by molar-refractivity contribution is 7.92. The first kappa shape index (κ1) is 14.4. The normalized spacial score (nSPS) is 24.7. The Morgan fingerprint density at radius 1 is 1.47 bits per heavy atom. The zero-order valence-corrected chi connectivity index (χ0v) is 11.4. The van der Waals surface area contributed by atoms with Crippen molar-refractivity contribution in [2.24, 2.45) is 0 Å². The maximum Gasteiger partial charge on any atom is 0.240 e. The van der Waals surface area contributed by atoms with Crippen LogP contribution in [-0.2, 0) is 14.6 Å². The van der Waals surface area contributed by atoms with Crippen LogP contribution in [0.2, 0.25) is 0 Å². The third-order valence-electron chi connectivity index (χ3n) is 3.26. The molecule has 17 heavy (non-hydrogen) atoms. The van der Waals surface area contributed by atoms with Crippen molar-refractivity contribution in [3.63, 3.8) is 0 Å². The van der Waals surface area contributed by atoms with E-state index in [0.29, 0.717) is 13.0 Å². The van der Waals surface area contributed by atoms with Gasteiger partial charge in [0, 0.05) is 18.8 Å². The van der Waals surface area contributed by atoms with E-state index in [2.05, 4.69) is 0 Å². The summed E-state index contributed by atoms with van der Waals surface area (Å²) in [5.41, 5.74) is 0. The van der Waals surface area contributed by atoms with Crippen LogP contribution in [0.4, 0.5) is 0 Å². The SMILES string of the molecule is CC(O)CC1CCCN1C(=O)C(C)S(C)(=O)=O. The number of aliphatic hydroxyl groups excluding tert-OH is 1. The highest BCUT2D eigenvalue weighted by Gasteiger charge is 2.35. The van der Waals surface area contributed by atoms with Gasteiger partial charge in [0.05, 0.1) is 6.10 Å². The molecule has 3 atom stereocenters. The fraction of sp³-hybridized carbons (Fsp3) is 0.909. The number of aliphatic hydroxyl groups is 1. The van der Waals surface area contributed by atoms with Crippen LogP contribution < -0.4 is 0 Å². The number of likely N-dealkylation sites (tertiary alicyclic amines) is 1. The molecule has 0 radical (unpaired) electrons. The van der Waals surface area contributed by atoms with Crippen LogP contribution in [0.5, 0.6) is 0 Å². The van der Waals surface area contributed by atoms with Gasteiger partial charge in [-0.05, 0) is 33.1 Å². The zero-order chi connectivity index (χ0) is 13.2. The van der Waals surface area contributed by atoms with Gasteiger partial charge >= 0.3 is 0 Å². The summed E-state index contributed by atoms with van der Waals surface area (Å²) in [7, 11) is -3.35. The smallest absolute Gasteiger partial charge is 0.240 e. The molecular weight excluding hydrogens is 242 g/mol. The third kappa shape index (κ3) is 3.67. The molecule has 1 saturated heterocycles. The van der Waals surface area contributed by atoms with Crippen LogP contribution in [0.1, 0.15) is 33.1 Å². The molecule has 1 amide bonds. The minimum absolute atomic E-state index is 0.0216. The number of rotatable bonds is 4. The standard InChI is InChI=1S/C11H21NO4S/c1-8(13)7-10-5-4-6-12(10)11(14)9(2)17(3,15)16/h8-10,13H,4-7H2,1-3H3. The van der Waals surface area contributed by atoms with E-state index in [0.717, 1.165) is 19.1 Å². The Bertz CT molecular complexity index is 377. The highest BCUT2D eigenvalue weighted by Crippen LogP contribution is 2.23. The molecule has 1 aliphatic heterocycles. The summed E-state index contributed by atoms with van der Waals surface area (Å²) in [6, 6.07) is -0.0216. The van der Waals surface area contributed by atoms with Crippen molar-refractivity contribution in [2.75, 3.05) is 12.8 Å². The molecule has 0 spiro atoms. The summed E-state index contributed by atoms with van der Waals surface area (Å²) in [4.78, 5) is 13.7. The fourth-order valence-electron chi connectivity index (χ4n) is 2.18. The fourth-order valence-corrected chi connectivity index (χ4v) is 2.68. The van der Waals surface area contributed by atoms with E-state index in [4.69, 9.17) is 0 Å². The summed E-state index contributed by atoms with van der Waals surface area (Å²) in [5.74, 6) is -0.337. The number of carbonyl (C=O) groups excluding carboxylic acids is 1. The molecule has 1 heterocycles. The maximum absolute atomic E-state index is 12.0. The first-order valence-electron chi connectivity index (χ1n) is 5.91. The molecule has 0 saturated carbocycles. The van der Waals surface area contributed by atoms with E-state index >= 15 is 0 Å². The number of hydrogen-bond donors (Lipinski definition) is 1. The monoisotopic (exact) mass is 263 g/mol. The lowest BCUT2D eigenvalue weighted by Crippen LogP contribution is -2.44. The Morgan fingerprint density at radius 3 is 2.53 bits per heavy atom. The van der Waals surface area contributed by atoms with Gasteiger partial charge in [0.25, 0.3) is 0 Å². The van der Waals surface area contributed by atoms with Crippen molar-refractivity contribution in [3.8, 4) is 0 Å². The lowest BCUT2D eigenvalue weighted by Gasteiger charge is -2.27. The highest BCUT2D eigenvalue weighted by atomic mass is 32.2. The van der Waals surface area contributed by atoms with Crippen LogP contribution >= 0.6 is 0 Å². The number of carbonyl (C=O) groups is 1. The molecule has 6 heteroatoms. The van der Waals surface area contributed by atoms with Gasteiger partial charge in [0.15, 0.2) is 9.84 Å². The number of hydrogen-bond acceptors (Lipinski definition) is 4. The van der Waals surface area contributed by atoms with Gasteiger partial charge in [0.2, 0.25) is 5.91 Å². The molecule has 3 unspecified atom stereocenters. The molecule has 1 fully saturated rings. The van der Waals surface area contributed by atoms with Gasteiger partial charge in [0.1, 0.15) is 5.25 Å². The minimum atomic E-state index is -3.35. The molecule has 100 valence electrons. The van der Waals surface area contributed by atoms with Crippen molar-refractivity contribution in [2.45, 2.75) is 50.5 Å². The average molecular weight is 263 g/mol. The summed E-state index contributed by atoms with van der Waals surface area (Å²) in [6.45, 7) is 3.70. The quantitative estimate of drug-likeness (QED) is 0.785. The van der Waals surface area contributed by atoms with Crippen molar-refractivity contribution in [1.29, 1.82) is 0 Å². The lowest BCUT2D eigenvalue weighted by molar-refractivity contribution is -0.131.